The van der Waals surface area contributed by atoms with Crippen molar-refractivity contribution in [2.24, 2.45) is 0 Å². The number of benzene rings is 1. The lowest BCUT2D eigenvalue weighted by molar-refractivity contribution is -0.131. The third kappa shape index (κ3) is 3.62. The molecule has 1 amide bonds. The maximum absolute atomic E-state index is 12.7. The molecule has 2 fully saturated rings. The van der Waals surface area contributed by atoms with Gasteiger partial charge in [-0.15, -0.1) is 12.4 Å². The zero-order valence-electron chi connectivity index (χ0n) is 14.6. The predicted molar refractivity (Wildman–Crippen MR) is 99.8 cm³/mol. The Bertz CT molecular complexity index is 591. The number of halogens is 1. The van der Waals surface area contributed by atoms with Gasteiger partial charge in [0, 0.05) is 25.2 Å². The summed E-state index contributed by atoms with van der Waals surface area (Å²) in [7, 11) is 2.01. The molecule has 1 aromatic rings. The van der Waals surface area contributed by atoms with E-state index in [2.05, 4.69) is 23.5 Å². The molecule has 2 heterocycles. The molecule has 2 aliphatic heterocycles. The molecule has 0 radical (unpaired) electrons. The molecule has 4 heteroatoms. The first-order valence-corrected chi connectivity index (χ1v) is 9.31. The van der Waals surface area contributed by atoms with E-state index in [1.165, 1.54) is 55.2 Å². The first-order chi connectivity index (χ1) is 11.2. The molecule has 2 unspecified atom stereocenters. The van der Waals surface area contributed by atoms with Crippen LogP contribution in [-0.2, 0) is 24.1 Å². The highest BCUT2D eigenvalue weighted by Crippen LogP contribution is 2.29. The highest BCUT2D eigenvalue weighted by Gasteiger charge is 2.36. The Morgan fingerprint density at radius 3 is 2.50 bits per heavy atom. The molecule has 1 aliphatic carbocycles. The highest BCUT2D eigenvalue weighted by atomic mass is 35.5. The first-order valence-electron chi connectivity index (χ1n) is 9.31. The number of hydrogen-bond acceptors (Lipinski definition) is 2. The molecule has 1 aromatic carbocycles. The lowest BCUT2D eigenvalue weighted by Crippen LogP contribution is -2.49. The van der Waals surface area contributed by atoms with Crippen LogP contribution in [-0.4, -0.2) is 36.0 Å². The van der Waals surface area contributed by atoms with Gasteiger partial charge < -0.3 is 10.2 Å². The molecule has 0 aromatic heterocycles. The van der Waals surface area contributed by atoms with Gasteiger partial charge in [-0.2, -0.15) is 0 Å². The summed E-state index contributed by atoms with van der Waals surface area (Å²) in [6, 6.07) is 8.41. The molecule has 0 saturated carbocycles. The number of nitrogens with one attached hydrogen (secondary N) is 1. The van der Waals surface area contributed by atoms with E-state index >= 15 is 0 Å². The minimum absolute atomic E-state index is 0. The van der Waals surface area contributed by atoms with Crippen LogP contribution in [0.1, 0.15) is 55.2 Å². The number of rotatable bonds is 3. The number of fused-ring (bicyclic) bond motifs is 3. The summed E-state index contributed by atoms with van der Waals surface area (Å²) >= 11 is 0. The molecule has 0 spiro atoms. The summed E-state index contributed by atoms with van der Waals surface area (Å²) in [6.07, 6.45) is 10.4. The number of carbonyl (C=O) groups is 1. The van der Waals surface area contributed by atoms with Crippen molar-refractivity contribution in [1.82, 2.24) is 10.2 Å². The van der Waals surface area contributed by atoms with E-state index in [1.807, 2.05) is 11.9 Å². The average molecular weight is 349 g/mol. The molecule has 2 bridgehead atoms. The van der Waals surface area contributed by atoms with Crippen LogP contribution < -0.4 is 5.32 Å². The molecule has 3 aliphatic rings. The molecular weight excluding hydrogens is 320 g/mol. The van der Waals surface area contributed by atoms with Crippen molar-refractivity contribution in [2.45, 2.75) is 75.9 Å². The maximum Gasteiger partial charge on any atom is 0.226 e. The highest BCUT2D eigenvalue weighted by molar-refractivity contribution is 5.85. The Hall–Kier alpha value is -1.06. The van der Waals surface area contributed by atoms with Crippen LogP contribution in [0.25, 0.3) is 0 Å². The lowest BCUT2D eigenvalue weighted by Gasteiger charge is -2.35. The van der Waals surface area contributed by atoms with Gasteiger partial charge in [0.2, 0.25) is 5.91 Å². The second-order valence-electron chi connectivity index (χ2n) is 7.75. The monoisotopic (exact) mass is 348 g/mol. The normalized spacial score (nSPS) is 28.0. The van der Waals surface area contributed by atoms with Crippen LogP contribution in [0.15, 0.2) is 18.2 Å². The summed E-state index contributed by atoms with van der Waals surface area (Å²) in [6.45, 7) is 0. The van der Waals surface area contributed by atoms with Gasteiger partial charge in [-0.05, 0) is 68.1 Å². The standard InChI is InChI=1S/C20H28N2O.ClH/c1-22(19-12-17-8-9-18(13-19)21-17)20(23)11-14-6-7-15-4-2-3-5-16(15)10-14;/h6-7,10,17-19,21H,2-5,8-9,11-13H2,1H3;1H. The van der Waals surface area contributed by atoms with Crippen LogP contribution in [0.4, 0.5) is 0 Å². The summed E-state index contributed by atoms with van der Waals surface area (Å²) in [5.41, 5.74) is 4.17. The zero-order valence-corrected chi connectivity index (χ0v) is 15.4. The van der Waals surface area contributed by atoms with Gasteiger partial charge in [-0.3, -0.25) is 4.79 Å². The van der Waals surface area contributed by atoms with E-state index < -0.39 is 0 Å². The molecular formula is C20H29ClN2O. The summed E-state index contributed by atoms with van der Waals surface area (Å²) in [5, 5.41) is 3.66. The molecule has 2 atom stereocenters. The maximum atomic E-state index is 12.7. The number of hydrogen-bond donors (Lipinski definition) is 1. The van der Waals surface area contributed by atoms with Crippen molar-refractivity contribution >= 4 is 18.3 Å². The number of carbonyl (C=O) groups excluding carboxylic acids is 1. The van der Waals surface area contributed by atoms with Gasteiger partial charge in [0.25, 0.3) is 0 Å². The quantitative estimate of drug-likeness (QED) is 0.909. The van der Waals surface area contributed by atoms with Crippen molar-refractivity contribution in [3.63, 3.8) is 0 Å². The van der Waals surface area contributed by atoms with E-state index in [-0.39, 0.29) is 18.3 Å². The topological polar surface area (TPSA) is 32.3 Å². The Morgan fingerprint density at radius 2 is 1.79 bits per heavy atom. The summed E-state index contributed by atoms with van der Waals surface area (Å²) in [5.74, 6) is 0.284. The largest absolute Gasteiger partial charge is 0.342 e. The second-order valence-corrected chi connectivity index (χ2v) is 7.75. The SMILES string of the molecule is CN(C(=O)Cc1ccc2c(c1)CCCC2)C1CC2CCC(C1)N2.Cl. The molecule has 3 nitrogen and oxygen atoms in total. The fourth-order valence-corrected chi connectivity index (χ4v) is 4.74. The number of amides is 1. The Kier molecular flexibility index (Phi) is 5.51. The van der Waals surface area contributed by atoms with Crippen LogP contribution in [0.5, 0.6) is 0 Å². The number of nitrogens with zero attached hydrogens (tertiary/aromatic N) is 1. The van der Waals surface area contributed by atoms with Gasteiger partial charge in [0.05, 0.1) is 6.42 Å². The second kappa shape index (κ2) is 7.45. The third-order valence-electron chi connectivity index (χ3n) is 6.16. The van der Waals surface area contributed by atoms with E-state index in [9.17, 15) is 4.79 Å². The van der Waals surface area contributed by atoms with Crippen molar-refractivity contribution < 1.29 is 4.79 Å². The van der Waals surface area contributed by atoms with Crippen LogP contribution in [0.2, 0.25) is 0 Å². The van der Waals surface area contributed by atoms with Crippen LogP contribution >= 0.6 is 12.4 Å². The Labute approximate surface area is 151 Å². The van der Waals surface area contributed by atoms with E-state index in [0.29, 0.717) is 24.5 Å². The van der Waals surface area contributed by atoms with Gasteiger partial charge in [0.15, 0.2) is 0 Å². The van der Waals surface area contributed by atoms with Crippen LogP contribution in [0, 0.1) is 0 Å². The van der Waals surface area contributed by atoms with Gasteiger partial charge >= 0.3 is 0 Å². The van der Waals surface area contributed by atoms with Crippen molar-refractivity contribution in [2.75, 3.05) is 7.05 Å². The number of likely N-dealkylation sites (N-methyl/N-ethyl adjacent to an activating group) is 1. The predicted octanol–water partition coefficient (Wildman–Crippen LogP) is 3.27. The zero-order chi connectivity index (χ0) is 15.8. The fourth-order valence-electron chi connectivity index (χ4n) is 4.74. The van der Waals surface area contributed by atoms with Gasteiger partial charge in [-0.1, -0.05) is 18.2 Å². The number of piperidine rings is 1. The fraction of sp³-hybridized carbons (Fsp3) is 0.650. The van der Waals surface area contributed by atoms with Gasteiger partial charge in [0.1, 0.15) is 0 Å². The molecule has 24 heavy (non-hydrogen) atoms. The molecule has 132 valence electrons. The minimum Gasteiger partial charge on any atom is -0.342 e. The van der Waals surface area contributed by atoms with Crippen molar-refractivity contribution in [1.29, 1.82) is 0 Å². The summed E-state index contributed by atoms with van der Waals surface area (Å²) < 4.78 is 0. The molecule has 2 saturated heterocycles. The summed E-state index contributed by atoms with van der Waals surface area (Å²) in [4.78, 5) is 14.8. The Balaban J connectivity index is 0.00000169. The average Bonchev–Trinajstić information content (AvgIpc) is 2.92. The van der Waals surface area contributed by atoms with E-state index in [1.54, 1.807) is 0 Å². The smallest absolute Gasteiger partial charge is 0.226 e. The Morgan fingerprint density at radius 1 is 1.12 bits per heavy atom. The third-order valence-corrected chi connectivity index (χ3v) is 6.16. The molecule has 1 N–H and O–H groups in total. The minimum atomic E-state index is 0. The van der Waals surface area contributed by atoms with E-state index in [0.717, 1.165) is 12.8 Å². The number of aryl methyl sites for hydroxylation is 2. The van der Waals surface area contributed by atoms with Crippen molar-refractivity contribution in [3.8, 4) is 0 Å². The van der Waals surface area contributed by atoms with Crippen LogP contribution in [0.3, 0.4) is 0 Å². The molecule has 4 rings (SSSR count). The van der Waals surface area contributed by atoms with Crippen molar-refractivity contribution in [3.05, 3.63) is 34.9 Å². The van der Waals surface area contributed by atoms with E-state index in [4.69, 9.17) is 0 Å². The first kappa shape index (κ1) is 17.8. The van der Waals surface area contributed by atoms with Gasteiger partial charge in [-0.25, -0.2) is 0 Å². The lowest BCUT2D eigenvalue weighted by atomic mass is 9.90.